The lowest BCUT2D eigenvalue weighted by Gasteiger charge is -2.10. The normalized spacial score (nSPS) is 11.2. The lowest BCUT2D eigenvalue weighted by atomic mass is 10.2. The molecule has 3 rings (SSSR count). The van der Waals surface area contributed by atoms with E-state index in [4.69, 9.17) is 5.11 Å². The van der Waals surface area contributed by atoms with Crippen LogP contribution in [0.4, 0.5) is 5.69 Å². The highest BCUT2D eigenvalue weighted by Gasteiger charge is 2.09. The van der Waals surface area contributed by atoms with E-state index in [1.807, 2.05) is 0 Å². The molecule has 0 fully saturated rings. The number of aliphatic imine (C=N–C) groups is 1. The van der Waals surface area contributed by atoms with Crippen molar-refractivity contribution in [2.45, 2.75) is 20.8 Å². The van der Waals surface area contributed by atoms with Crippen molar-refractivity contribution in [1.29, 1.82) is 0 Å². The Morgan fingerprint density at radius 2 is 1.80 bits per heavy atom. The van der Waals surface area contributed by atoms with Crippen LogP contribution in [0.15, 0.2) is 59.6 Å². The number of carboxylic acids is 1. The summed E-state index contributed by atoms with van der Waals surface area (Å²) in [7, 11) is 0. The highest BCUT2D eigenvalue weighted by atomic mass is 16.4. The first-order valence-corrected chi connectivity index (χ1v) is 8.09. The minimum atomic E-state index is -0.949. The maximum atomic E-state index is 11.1. The van der Waals surface area contributed by atoms with Crippen LogP contribution in [-0.2, 0) is 0 Å². The molecule has 1 N–H and O–H groups in total. The SMILES string of the molecule is Cc1cccc(-n2c(C)cc(C=Nc3cccc(C(=O)O)c3)c2C)c1. The molecule has 0 spiro atoms. The van der Waals surface area contributed by atoms with Crippen LogP contribution in [0.1, 0.15) is 32.9 Å². The molecule has 0 aliphatic carbocycles. The number of benzene rings is 2. The van der Waals surface area contributed by atoms with E-state index in [0.717, 1.165) is 22.6 Å². The van der Waals surface area contributed by atoms with Gasteiger partial charge in [-0.3, -0.25) is 4.99 Å². The molecule has 0 unspecified atom stereocenters. The van der Waals surface area contributed by atoms with E-state index in [0.29, 0.717) is 5.69 Å². The Kier molecular flexibility index (Phi) is 4.52. The van der Waals surface area contributed by atoms with E-state index in [2.05, 4.69) is 60.7 Å². The standard InChI is InChI=1S/C21H20N2O2/c1-14-6-4-9-20(10-14)23-15(2)11-18(16(23)3)13-22-19-8-5-7-17(12-19)21(24)25/h4-13H,1-3H3,(H,24,25). The quantitative estimate of drug-likeness (QED) is 0.694. The van der Waals surface area contributed by atoms with E-state index < -0.39 is 5.97 Å². The molecule has 0 amide bonds. The zero-order valence-electron chi connectivity index (χ0n) is 14.5. The molecule has 0 atom stereocenters. The van der Waals surface area contributed by atoms with Crippen molar-refractivity contribution < 1.29 is 9.90 Å². The molecule has 4 nitrogen and oxygen atoms in total. The number of hydrogen-bond donors (Lipinski definition) is 1. The minimum Gasteiger partial charge on any atom is -0.478 e. The zero-order chi connectivity index (χ0) is 18.0. The van der Waals surface area contributed by atoms with Gasteiger partial charge < -0.3 is 9.67 Å². The summed E-state index contributed by atoms with van der Waals surface area (Å²) in [4.78, 5) is 15.5. The van der Waals surface area contributed by atoms with Gasteiger partial charge >= 0.3 is 5.97 Å². The number of rotatable bonds is 4. The number of nitrogens with zero attached hydrogens (tertiary/aromatic N) is 2. The second-order valence-electron chi connectivity index (χ2n) is 6.11. The molecule has 0 radical (unpaired) electrons. The number of aryl methyl sites for hydroxylation is 2. The Bertz CT molecular complexity index is 968. The maximum absolute atomic E-state index is 11.1. The summed E-state index contributed by atoms with van der Waals surface area (Å²) >= 11 is 0. The summed E-state index contributed by atoms with van der Waals surface area (Å²) in [6.45, 7) is 6.21. The summed E-state index contributed by atoms with van der Waals surface area (Å²) in [5, 5.41) is 9.07. The summed E-state index contributed by atoms with van der Waals surface area (Å²) in [6, 6.07) is 17.1. The third-order valence-corrected chi connectivity index (χ3v) is 4.18. The predicted octanol–water partition coefficient (Wildman–Crippen LogP) is 4.85. The summed E-state index contributed by atoms with van der Waals surface area (Å²) in [5.41, 5.74) is 6.44. The number of aromatic carboxylic acids is 1. The largest absolute Gasteiger partial charge is 0.478 e. The van der Waals surface area contributed by atoms with E-state index >= 15 is 0 Å². The Morgan fingerprint density at radius 1 is 1.04 bits per heavy atom. The average molecular weight is 332 g/mol. The molecule has 25 heavy (non-hydrogen) atoms. The van der Waals surface area contributed by atoms with Gasteiger partial charge in [-0.2, -0.15) is 0 Å². The molecule has 3 aromatic rings. The molecule has 0 aliphatic heterocycles. The highest BCUT2D eigenvalue weighted by Crippen LogP contribution is 2.21. The Labute approximate surface area is 147 Å². The van der Waals surface area contributed by atoms with Crippen LogP contribution in [0.2, 0.25) is 0 Å². The first-order valence-electron chi connectivity index (χ1n) is 8.09. The number of hydrogen-bond acceptors (Lipinski definition) is 2. The van der Waals surface area contributed by atoms with Gasteiger partial charge in [0.1, 0.15) is 0 Å². The van der Waals surface area contributed by atoms with E-state index in [1.54, 1.807) is 30.5 Å². The molecule has 2 aromatic carbocycles. The van der Waals surface area contributed by atoms with Crippen LogP contribution in [0.5, 0.6) is 0 Å². The first kappa shape index (κ1) is 16.7. The Hall–Kier alpha value is -3.14. The predicted molar refractivity (Wildman–Crippen MR) is 101 cm³/mol. The fourth-order valence-electron chi connectivity index (χ4n) is 2.95. The molecular formula is C21H20N2O2. The van der Waals surface area contributed by atoms with Crippen molar-refractivity contribution in [3.05, 3.63) is 82.7 Å². The smallest absolute Gasteiger partial charge is 0.335 e. The van der Waals surface area contributed by atoms with E-state index in [9.17, 15) is 4.79 Å². The topological polar surface area (TPSA) is 54.6 Å². The second-order valence-corrected chi connectivity index (χ2v) is 6.11. The summed E-state index contributed by atoms with van der Waals surface area (Å²) in [5.74, 6) is -0.949. The number of carbonyl (C=O) groups is 1. The molecule has 1 aromatic heterocycles. The van der Waals surface area contributed by atoms with Crippen LogP contribution in [-0.4, -0.2) is 21.9 Å². The van der Waals surface area contributed by atoms with Gasteiger partial charge in [0.2, 0.25) is 0 Å². The van der Waals surface area contributed by atoms with Crippen LogP contribution in [0.3, 0.4) is 0 Å². The van der Waals surface area contributed by atoms with Crippen LogP contribution in [0.25, 0.3) is 5.69 Å². The zero-order valence-corrected chi connectivity index (χ0v) is 14.5. The van der Waals surface area contributed by atoms with Crippen LogP contribution in [0, 0.1) is 20.8 Å². The molecule has 0 saturated carbocycles. The van der Waals surface area contributed by atoms with Gasteiger partial charge in [-0.05, 0) is 62.7 Å². The van der Waals surface area contributed by atoms with Crippen LogP contribution < -0.4 is 0 Å². The van der Waals surface area contributed by atoms with Gasteiger partial charge in [0, 0.05) is 28.9 Å². The van der Waals surface area contributed by atoms with Crippen molar-refractivity contribution in [2.24, 2.45) is 4.99 Å². The Morgan fingerprint density at radius 3 is 2.52 bits per heavy atom. The molecule has 126 valence electrons. The monoisotopic (exact) mass is 332 g/mol. The third kappa shape index (κ3) is 3.53. The van der Waals surface area contributed by atoms with E-state index in [-0.39, 0.29) is 5.56 Å². The van der Waals surface area contributed by atoms with Crippen molar-refractivity contribution in [2.75, 3.05) is 0 Å². The Balaban J connectivity index is 1.96. The van der Waals surface area contributed by atoms with Gasteiger partial charge in [-0.15, -0.1) is 0 Å². The van der Waals surface area contributed by atoms with E-state index in [1.165, 1.54) is 5.56 Å². The number of carboxylic acid groups (broad SMARTS) is 1. The summed E-state index contributed by atoms with van der Waals surface area (Å²) in [6.07, 6.45) is 1.79. The average Bonchev–Trinajstić information content (AvgIpc) is 2.87. The first-order chi connectivity index (χ1) is 12.0. The molecule has 0 bridgehead atoms. The molecule has 0 saturated heterocycles. The maximum Gasteiger partial charge on any atom is 0.335 e. The third-order valence-electron chi connectivity index (χ3n) is 4.18. The fourth-order valence-corrected chi connectivity index (χ4v) is 2.95. The second kappa shape index (κ2) is 6.77. The minimum absolute atomic E-state index is 0.236. The van der Waals surface area contributed by atoms with Crippen molar-refractivity contribution in [3.8, 4) is 5.69 Å². The van der Waals surface area contributed by atoms with Crippen molar-refractivity contribution in [1.82, 2.24) is 4.57 Å². The summed E-state index contributed by atoms with van der Waals surface area (Å²) < 4.78 is 2.20. The molecular weight excluding hydrogens is 312 g/mol. The molecule has 0 aliphatic rings. The molecule has 4 heteroatoms. The van der Waals surface area contributed by atoms with Crippen molar-refractivity contribution >= 4 is 17.9 Å². The van der Waals surface area contributed by atoms with Gasteiger partial charge in [0.25, 0.3) is 0 Å². The lowest BCUT2D eigenvalue weighted by Crippen LogP contribution is -1.99. The number of aromatic nitrogens is 1. The fraction of sp³-hybridized carbons (Fsp3) is 0.143. The van der Waals surface area contributed by atoms with Gasteiger partial charge in [0.15, 0.2) is 0 Å². The lowest BCUT2D eigenvalue weighted by molar-refractivity contribution is 0.0697. The highest BCUT2D eigenvalue weighted by molar-refractivity contribution is 5.89. The van der Waals surface area contributed by atoms with Crippen molar-refractivity contribution in [3.63, 3.8) is 0 Å². The van der Waals surface area contributed by atoms with Crippen LogP contribution >= 0.6 is 0 Å². The van der Waals surface area contributed by atoms with Gasteiger partial charge in [0.05, 0.1) is 11.3 Å². The van der Waals surface area contributed by atoms with Gasteiger partial charge in [-0.25, -0.2) is 4.79 Å². The molecule has 1 heterocycles. The van der Waals surface area contributed by atoms with Gasteiger partial charge in [-0.1, -0.05) is 18.2 Å².